The molecule has 2 nitrogen and oxygen atoms in total. The van der Waals surface area contributed by atoms with Crippen molar-refractivity contribution in [3.8, 4) is 0 Å². The maximum absolute atomic E-state index is 14.2. The number of carbonyl (C=O) groups is 1. The molecule has 3 rings (SSSR count). The normalized spacial score (nSPS) is 20.9. The maximum Gasteiger partial charge on any atom is 0.314 e. The Hall–Kier alpha value is -1.38. The average molecular weight is 248 g/mol. The molecule has 3 heteroatoms. The van der Waals surface area contributed by atoms with E-state index in [2.05, 4.69) is 0 Å². The van der Waals surface area contributed by atoms with Crippen LogP contribution in [-0.2, 0) is 23.1 Å². The Morgan fingerprint density at radius 2 is 1.72 bits per heavy atom. The Kier molecular flexibility index (Phi) is 2.65. The quantitative estimate of drug-likeness (QED) is 0.872. The molecule has 1 fully saturated rings. The summed E-state index contributed by atoms with van der Waals surface area (Å²) in [6.07, 6.45) is 6.12. The number of aliphatic carboxylic acids is 1. The number of fused-ring (bicyclic) bond motifs is 1. The van der Waals surface area contributed by atoms with Crippen LogP contribution in [0.3, 0.4) is 0 Å². The van der Waals surface area contributed by atoms with Gasteiger partial charge in [0.05, 0.1) is 5.41 Å². The Labute approximate surface area is 106 Å². The summed E-state index contributed by atoms with van der Waals surface area (Å²) in [6, 6.07) is 3.41. The average Bonchev–Trinajstić information content (AvgIpc) is 2.27. The highest BCUT2D eigenvalue weighted by Gasteiger charge is 2.47. The molecule has 0 aromatic heterocycles. The summed E-state index contributed by atoms with van der Waals surface area (Å²) in [5, 5.41) is 9.40. The number of carboxylic acids is 1. The lowest BCUT2D eigenvalue weighted by molar-refractivity contribution is -0.147. The van der Waals surface area contributed by atoms with Crippen LogP contribution >= 0.6 is 0 Å². The second kappa shape index (κ2) is 4.08. The first kappa shape index (κ1) is 11.7. The lowest BCUT2D eigenvalue weighted by Gasteiger charge is -2.39. The monoisotopic (exact) mass is 248 g/mol. The van der Waals surface area contributed by atoms with Gasteiger partial charge in [0, 0.05) is 5.56 Å². The molecule has 1 N–H and O–H groups in total. The largest absolute Gasteiger partial charge is 0.481 e. The van der Waals surface area contributed by atoms with Crippen LogP contribution in [0.1, 0.15) is 48.8 Å². The van der Waals surface area contributed by atoms with Gasteiger partial charge in [-0.3, -0.25) is 4.79 Å². The number of halogens is 1. The number of aryl methyl sites for hydroxylation is 2. The SMILES string of the molecule is O=C(O)C1(c2cc3c(cc2F)CCCC3)CCC1. The van der Waals surface area contributed by atoms with Gasteiger partial charge in [0.15, 0.2) is 0 Å². The summed E-state index contributed by atoms with van der Waals surface area (Å²) in [5.41, 5.74) is 1.70. The van der Waals surface area contributed by atoms with Gasteiger partial charge in [0.25, 0.3) is 0 Å². The topological polar surface area (TPSA) is 37.3 Å². The fourth-order valence-corrected chi connectivity index (χ4v) is 3.25. The van der Waals surface area contributed by atoms with Gasteiger partial charge in [0.1, 0.15) is 5.82 Å². The molecule has 2 aliphatic rings. The first-order chi connectivity index (χ1) is 8.63. The van der Waals surface area contributed by atoms with Gasteiger partial charge in [-0.1, -0.05) is 12.5 Å². The summed E-state index contributed by atoms with van der Waals surface area (Å²) in [7, 11) is 0. The van der Waals surface area contributed by atoms with Gasteiger partial charge in [0.2, 0.25) is 0 Å². The molecule has 0 unspecified atom stereocenters. The van der Waals surface area contributed by atoms with Crippen LogP contribution in [-0.4, -0.2) is 11.1 Å². The minimum atomic E-state index is -0.948. The van der Waals surface area contributed by atoms with Crippen molar-refractivity contribution in [2.24, 2.45) is 0 Å². The molecule has 96 valence electrons. The zero-order valence-electron chi connectivity index (χ0n) is 10.3. The third-order valence-electron chi connectivity index (χ3n) is 4.56. The fourth-order valence-electron chi connectivity index (χ4n) is 3.25. The highest BCUT2D eigenvalue weighted by molar-refractivity contribution is 5.82. The smallest absolute Gasteiger partial charge is 0.314 e. The zero-order chi connectivity index (χ0) is 12.8. The molecule has 18 heavy (non-hydrogen) atoms. The highest BCUT2D eigenvalue weighted by Crippen LogP contribution is 2.46. The van der Waals surface area contributed by atoms with Gasteiger partial charge >= 0.3 is 5.97 Å². The van der Waals surface area contributed by atoms with Crippen LogP contribution in [0.4, 0.5) is 4.39 Å². The second-order valence-corrected chi connectivity index (χ2v) is 5.55. The van der Waals surface area contributed by atoms with Crippen LogP contribution in [0.15, 0.2) is 12.1 Å². The second-order valence-electron chi connectivity index (χ2n) is 5.55. The third-order valence-corrected chi connectivity index (χ3v) is 4.56. The molecule has 0 spiro atoms. The van der Waals surface area contributed by atoms with E-state index in [-0.39, 0.29) is 5.82 Å². The molecule has 0 radical (unpaired) electrons. The van der Waals surface area contributed by atoms with E-state index in [9.17, 15) is 14.3 Å². The van der Waals surface area contributed by atoms with Crippen LogP contribution < -0.4 is 0 Å². The van der Waals surface area contributed by atoms with Crippen molar-refractivity contribution in [1.82, 2.24) is 0 Å². The standard InChI is InChI=1S/C15H17FO2/c16-13-9-11-5-2-1-4-10(11)8-12(13)15(14(17)18)6-3-7-15/h8-9H,1-7H2,(H,17,18). The number of rotatable bonds is 2. The van der Waals surface area contributed by atoms with Crippen LogP contribution in [0.2, 0.25) is 0 Å². The number of hydrogen-bond acceptors (Lipinski definition) is 1. The van der Waals surface area contributed by atoms with Crippen molar-refractivity contribution in [2.75, 3.05) is 0 Å². The maximum atomic E-state index is 14.2. The molecular formula is C15H17FO2. The Balaban J connectivity index is 2.09. The molecular weight excluding hydrogens is 231 g/mol. The van der Waals surface area contributed by atoms with Crippen LogP contribution in [0.25, 0.3) is 0 Å². The Morgan fingerprint density at radius 3 is 2.22 bits per heavy atom. The lowest BCUT2D eigenvalue weighted by atomic mass is 9.63. The lowest BCUT2D eigenvalue weighted by Crippen LogP contribution is -2.43. The molecule has 0 amide bonds. The summed E-state index contributed by atoms with van der Waals surface area (Å²) in [4.78, 5) is 11.5. The molecule has 0 bridgehead atoms. The van der Waals surface area contributed by atoms with E-state index in [0.717, 1.165) is 43.2 Å². The van der Waals surface area contributed by atoms with Gasteiger partial charge in [-0.2, -0.15) is 0 Å². The molecule has 2 aliphatic carbocycles. The third kappa shape index (κ3) is 1.57. The molecule has 1 aromatic rings. The minimum Gasteiger partial charge on any atom is -0.481 e. The van der Waals surface area contributed by atoms with Gasteiger partial charge in [-0.25, -0.2) is 4.39 Å². The van der Waals surface area contributed by atoms with Crippen molar-refractivity contribution in [3.05, 3.63) is 34.6 Å². The highest BCUT2D eigenvalue weighted by atomic mass is 19.1. The van der Waals surface area contributed by atoms with E-state index in [1.807, 2.05) is 6.07 Å². The number of benzene rings is 1. The van der Waals surface area contributed by atoms with E-state index in [1.54, 1.807) is 6.07 Å². The van der Waals surface area contributed by atoms with Gasteiger partial charge in [-0.05, 0) is 55.7 Å². The van der Waals surface area contributed by atoms with E-state index < -0.39 is 11.4 Å². The van der Waals surface area contributed by atoms with E-state index in [0.29, 0.717) is 18.4 Å². The Morgan fingerprint density at radius 1 is 1.11 bits per heavy atom. The predicted molar refractivity (Wildman–Crippen MR) is 66.2 cm³/mol. The van der Waals surface area contributed by atoms with Crippen molar-refractivity contribution < 1.29 is 14.3 Å². The first-order valence-electron chi connectivity index (χ1n) is 6.69. The van der Waals surface area contributed by atoms with Gasteiger partial charge < -0.3 is 5.11 Å². The van der Waals surface area contributed by atoms with E-state index in [4.69, 9.17) is 0 Å². The summed E-state index contributed by atoms with van der Waals surface area (Å²) in [5.74, 6) is -1.19. The molecule has 0 atom stereocenters. The number of hydrogen-bond donors (Lipinski definition) is 1. The summed E-state index contributed by atoms with van der Waals surface area (Å²) < 4.78 is 14.2. The summed E-state index contributed by atoms with van der Waals surface area (Å²) in [6.45, 7) is 0. The fraction of sp³-hybridized carbons (Fsp3) is 0.533. The molecule has 0 saturated heterocycles. The van der Waals surface area contributed by atoms with Crippen LogP contribution in [0, 0.1) is 5.82 Å². The Bertz CT molecular complexity index is 503. The van der Waals surface area contributed by atoms with Crippen molar-refractivity contribution in [3.63, 3.8) is 0 Å². The predicted octanol–water partition coefficient (Wildman–Crippen LogP) is 3.21. The van der Waals surface area contributed by atoms with E-state index in [1.165, 1.54) is 0 Å². The molecule has 0 aliphatic heterocycles. The number of carboxylic acid groups (broad SMARTS) is 1. The molecule has 0 heterocycles. The van der Waals surface area contributed by atoms with Crippen molar-refractivity contribution >= 4 is 5.97 Å². The van der Waals surface area contributed by atoms with Crippen molar-refractivity contribution in [1.29, 1.82) is 0 Å². The molecule has 1 saturated carbocycles. The van der Waals surface area contributed by atoms with Crippen molar-refractivity contribution in [2.45, 2.75) is 50.4 Å². The first-order valence-corrected chi connectivity index (χ1v) is 6.69. The zero-order valence-corrected chi connectivity index (χ0v) is 10.3. The van der Waals surface area contributed by atoms with E-state index >= 15 is 0 Å². The molecule has 1 aromatic carbocycles. The summed E-state index contributed by atoms with van der Waals surface area (Å²) >= 11 is 0. The minimum absolute atomic E-state index is 0.322. The van der Waals surface area contributed by atoms with Gasteiger partial charge in [-0.15, -0.1) is 0 Å². The van der Waals surface area contributed by atoms with Crippen LogP contribution in [0.5, 0.6) is 0 Å².